The van der Waals surface area contributed by atoms with Crippen LogP contribution in [0.4, 0.5) is 0 Å². The van der Waals surface area contributed by atoms with E-state index in [1.807, 2.05) is 6.92 Å². The number of carboxylic acid groups (broad SMARTS) is 1. The third-order valence-electron chi connectivity index (χ3n) is 6.70. The van der Waals surface area contributed by atoms with Crippen LogP contribution in [0, 0.1) is 11.3 Å². The number of hydrogen-bond donors (Lipinski definition) is 1. The summed E-state index contributed by atoms with van der Waals surface area (Å²) >= 11 is 3.75. The van der Waals surface area contributed by atoms with E-state index in [-0.39, 0.29) is 11.3 Å². The van der Waals surface area contributed by atoms with Crippen LogP contribution in [-0.2, 0) is 15.0 Å². The minimum Gasteiger partial charge on any atom is -0.481 e. The summed E-state index contributed by atoms with van der Waals surface area (Å²) < 4.78 is 1.09. The maximum atomic E-state index is 12.2. The summed E-state index contributed by atoms with van der Waals surface area (Å²) in [5, 5.41) is 14.3. The Morgan fingerprint density at radius 2 is 2.04 bits per heavy atom. The van der Waals surface area contributed by atoms with Crippen molar-refractivity contribution < 1.29 is 14.7 Å². The van der Waals surface area contributed by atoms with E-state index in [0.717, 1.165) is 28.6 Å². The summed E-state index contributed by atoms with van der Waals surface area (Å²) in [6.45, 7) is 8.50. The van der Waals surface area contributed by atoms with Crippen molar-refractivity contribution in [2.24, 2.45) is 16.5 Å². The van der Waals surface area contributed by atoms with E-state index in [2.05, 4.69) is 54.0 Å². The Balaban J connectivity index is 2.26. The fourth-order valence-electron chi connectivity index (χ4n) is 5.15. The van der Waals surface area contributed by atoms with Gasteiger partial charge < -0.3 is 9.94 Å². The smallest absolute Gasteiger partial charge is 0.309 e. The van der Waals surface area contributed by atoms with Gasteiger partial charge in [0.15, 0.2) is 0 Å². The molecule has 0 radical (unpaired) electrons. The Morgan fingerprint density at radius 3 is 2.62 bits per heavy atom. The second-order valence-electron chi connectivity index (χ2n) is 8.54. The standard InChI is InChI=1S/C21H28BrNO3/c1-12(2)13-9-14-15(10-16(13)22)20(3)7-6-8-21(4,19(24)25)18(20)11-17(14)23-26-5/h9-10,12,18H,6-8,11H2,1-5H3,(H,24,25)/t18?,20-,21-/m1/s1. The molecule has 1 fully saturated rings. The second kappa shape index (κ2) is 6.66. The first-order valence-corrected chi connectivity index (χ1v) is 10.1. The lowest BCUT2D eigenvalue weighted by Crippen LogP contribution is -2.53. The van der Waals surface area contributed by atoms with Crippen molar-refractivity contribution in [2.75, 3.05) is 7.11 Å². The highest BCUT2D eigenvalue weighted by molar-refractivity contribution is 9.10. The zero-order chi connectivity index (χ0) is 19.3. The quantitative estimate of drug-likeness (QED) is 0.657. The van der Waals surface area contributed by atoms with Crippen LogP contribution < -0.4 is 0 Å². The minimum atomic E-state index is -0.748. The predicted octanol–water partition coefficient (Wildman–Crippen LogP) is 5.48. The third-order valence-corrected chi connectivity index (χ3v) is 7.39. The van der Waals surface area contributed by atoms with Crippen LogP contribution in [0.1, 0.15) is 76.0 Å². The van der Waals surface area contributed by atoms with Gasteiger partial charge >= 0.3 is 5.97 Å². The van der Waals surface area contributed by atoms with Crippen LogP contribution in [0.25, 0.3) is 0 Å². The lowest BCUT2D eigenvalue weighted by Gasteiger charge is -2.53. The number of oxime groups is 1. The van der Waals surface area contributed by atoms with Crippen molar-refractivity contribution in [3.05, 3.63) is 33.3 Å². The maximum absolute atomic E-state index is 12.2. The largest absolute Gasteiger partial charge is 0.481 e. The van der Waals surface area contributed by atoms with Gasteiger partial charge in [0.2, 0.25) is 0 Å². The number of halogens is 1. The normalized spacial score (nSPS) is 32.3. The number of benzene rings is 1. The molecule has 2 aliphatic carbocycles. The molecule has 1 aromatic rings. The number of carboxylic acids is 1. The molecule has 1 saturated carbocycles. The average Bonchev–Trinajstić information content (AvgIpc) is 2.56. The molecule has 1 N–H and O–H groups in total. The molecule has 0 aromatic heterocycles. The van der Waals surface area contributed by atoms with Crippen molar-refractivity contribution >= 4 is 27.6 Å². The van der Waals surface area contributed by atoms with Gasteiger partial charge in [-0.1, -0.05) is 48.3 Å². The molecule has 0 spiro atoms. The van der Waals surface area contributed by atoms with Crippen molar-refractivity contribution in [1.82, 2.24) is 0 Å². The van der Waals surface area contributed by atoms with E-state index < -0.39 is 11.4 Å². The molecule has 3 atom stereocenters. The molecule has 0 saturated heterocycles. The number of hydrogen-bond acceptors (Lipinski definition) is 3. The Morgan fingerprint density at radius 1 is 1.35 bits per heavy atom. The lowest BCUT2D eigenvalue weighted by molar-refractivity contribution is -0.156. The van der Waals surface area contributed by atoms with E-state index in [0.29, 0.717) is 18.8 Å². The molecule has 0 bridgehead atoms. The van der Waals surface area contributed by atoms with Crippen LogP contribution in [0.15, 0.2) is 21.8 Å². The van der Waals surface area contributed by atoms with Crippen LogP contribution in [0.2, 0.25) is 0 Å². The molecule has 26 heavy (non-hydrogen) atoms. The van der Waals surface area contributed by atoms with E-state index >= 15 is 0 Å². The molecule has 1 aromatic carbocycles. The van der Waals surface area contributed by atoms with Crippen molar-refractivity contribution in [3.8, 4) is 0 Å². The first kappa shape index (κ1) is 19.4. The van der Waals surface area contributed by atoms with E-state index in [1.165, 1.54) is 11.1 Å². The van der Waals surface area contributed by atoms with Crippen LogP contribution in [0.5, 0.6) is 0 Å². The number of fused-ring (bicyclic) bond motifs is 3. The fraction of sp³-hybridized carbons (Fsp3) is 0.619. The Labute approximate surface area is 164 Å². The van der Waals surface area contributed by atoms with Gasteiger partial charge in [0, 0.05) is 10.0 Å². The Kier molecular flexibility index (Phi) is 4.97. The van der Waals surface area contributed by atoms with Gasteiger partial charge in [-0.05, 0) is 66.7 Å². The van der Waals surface area contributed by atoms with Crippen molar-refractivity contribution in [3.63, 3.8) is 0 Å². The molecule has 3 rings (SSSR count). The summed E-state index contributed by atoms with van der Waals surface area (Å²) in [5.41, 5.74) is 3.51. The van der Waals surface area contributed by atoms with E-state index in [4.69, 9.17) is 4.84 Å². The number of nitrogens with zero attached hydrogens (tertiary/aromatic N) is 1. The van der Waals surface area contributed by atoms with Crippen LogP contribution in [0.3, 0.4) is 0 Å². The molecule has 0 amide bonds. The Hall–Kier alpha value is -1.36. The summed E-state index contributed by atoms with van der Waals surface area (Å²) in [6, 6.07) is 4.42. The molecule has 0 heterocycles. The highest BCUT2D eigenvalue weighted by Crippen LogP contribution is 2.58. The summed E-state index contributed by atoms with van der Waals surface area (Å²) in [5.74, 6) is -0.314. The third kappa shape index (κ3) is 2.79. The van der Waals surface area contributed by atoms with Gasteiger partial charge in [-0.2, -0.15) is 0 Å². The maximum Gasteiger partial charge on any atom is 0.309 e. The topological polar surface area (TPSA) is 58.9 Å². The van der Waals surface area contributed by atoms with E-state index in [1.54, 1.807) is 7.11 Å². The van der Waals surface area contributed by atoms with Gasteiger partial charge in [0.25, 0.3) is 0 Å². The number of carbonyl (C=O) groups is 1. The lowest BCUT2D eigenvalue weighted by atomic mass is 9.49. The zero-order valence-corrected chi connectivity index (χ0v) is 17.8. The molecule has 1 unspecified atom stereocenters. The molecular weight excluding hydrogens is 394 g/mol. The first-order valence-electron chi connectivity index (χ1n) is 9.33. The molecule has 2 aliphatic rings. The molecule has 5 heteroatoms. The van der Waals surface area contributed by atoms with Crippen molar-refractivity contribution in [2.45, 2.75) is 64.7 Å². The SMILES string of the molecule is CON=C1CC2[C@](C)(C(=O)O)CCC[C@]2(C)c2cc(Br)c(C(C)C)cc21. The van der Waals surface area contributed by atoms with Crippen LogP contribution in [-0.4, -0.2) is 23.9 Å². The van der Waals surface area contributed by atoms with Gasteiger partial charge in [0.05, 0.1) is 11.1 Å². The van der Waals surface area contributed by atoms with Gasteiger partial charge in [-0.15, -0.1) is 0 Å². The molecular formula is C21H28BrNO3. The molecule has 142 valence electrons. The second-order valence-corrected chi connectivity index (χ2v) is 9.40. The predicted molar refractivity (Wildman–Crippen MR) is 107 cm³/mol. The summed E-state index contributed by atoms with van der Waals surface area (Å²) in [6.07, 6.45) is 3.28. The highest BCUT2D eigenvalue weighted by atomic mass is 79.9. The first-order chi connectivity index (χ1) is 12.1. The summed E-state index contributed by atoms with van der Waals surface area (Å²) in [4.78, 5) is 17.3. The molecule has 0 aliphatic heterocycles. The van der Waals surface area contributed by atoms with Gasteiger partial charge in [-0.3, -0.25) is 4.79 Å². The highest BCUT2D eigenvalue weighted by Gasteiger charge is 2.56. The molecule has 4 nitrogen and oxygen atoms in total. The minimum absolute atomic E-state index is 0.000509. The number of rotatable bonds is 3. The van der Waals surface area contributed by atoms with Crippen LogP contribution >= 0.6 is 15.9 Å². The Bertz CT molecular complexity index is 773. The number of aliphatic carboxylic acids is 1. The van der Waals surface area contributed by atoms with Gasteiger partial charge in [0.1, 0.15) is 7.11 Å². The van der Waals surface area contributed by atoms with Gasteiger partial charge in [-0.25, -0.2) is 0 Å². The van der Waals surface area contributed by atoms with Crippen molar-refractivity contribution in [1.29, 1.82) is 0 Å². The fourth-order valence-corrected chi connectivity index (χ4v) is 5.95. The summed E-state index contributed by atoms with van der Waals surface area (Å²) in [7, 11) is 1.56. The monoisotopic (exact) mass is 421 g/mol. The van der Waals surface area contributed by atoms with E-state index in [9.17, 15) is 9.90 Å². The average molecular weight is 422 g/mol. The zero-order valence-electron chi connectivity index (χ0n) is 16.2.